The number of amides is 1. The Kier molecular flexibility index (Phi) is 6.20. The smallest absolute Gasteiger partial charge is 0.247 e. The molecule has 0 saturated carbocycles. The van der Waals surface area contributed by atoms with Gasteiger partial charge < -0.3 is 4.74 Å². The third-order valence-electron chi connectivity index (χ3n) is 4.71. The van der Waals surface area contributed by atoms with Crippen LogP contribution in [0.4, 0.5) is 5.69 Å². The van der Waals surface area contributed by atoms with E-state index < -0.39 is 6.23 Å². The zero-order valence-electron chi connectivity index (χ0n) is 16.7. The lowest BCUT2D eigenvalue weighted by Crippen LogP contribution is -2.36. The second-order valence-corrected chi connectivity index (χ2v) is 8.38. The van der Waals surface area contributed by atoms with Crippen LogP contribution in [0.5, 0.6) is 5.88 Å². The molecule has 1 amide bonds. The first kappa shape index (κ1) is 20.6. The van der Waals surface area contributed by atoms with Gasteiger partial charge in [0.05, 0.1) is 5.69 Å². The molecule has 4 rings (SSSR count). The Morgan fingerprint density at radius 2 is 2.03 bits per heavy atom. The maximum absolute atomic E-state index is 12.7. The van der Waals surface area contributed by atoms with Gasteiger partial charge in [-0.05, 0) is 24.6 Å². The number of hydrogen-bond acceptors (Lipinski definition) is 6. The van der Waals surface area contributed by atoms with Crippen molar-refractivity contribution < 1.29 is 9.53 Å². The van der Waals surface area contributed by atoms with E-state index in [2.05, 4.69) is 22.1 Å². The Hall–Kier alpha value is -2.64. The van der Waals surface area contributed by atoms with Gasteiger partial charge in [0.15, 0.2) is 5.69 Å². The SMILES string of the molecule is CCCCSc1nnc2c(n1)OC(c1cccc(Cl)c1)N(C(C)=O)c1ccccc1-2. The van der Waals surface area contributed by atoms with Crippen LogP contribution in [0.15, 0.2) is 53.7 Å². The number of benzene rings is 2. The molecule has 1 atom stereocenters. The van der Waals surface area contributed by atoms with Gasteiger partial charge in [0.1, 0.15) is 0 Å². The first-order chi connectivity index (χ1) is 14.6. The summed E-state index contributed by atoms with van der Waals surface area (Å²) < 4.78 is 6.32. The van der Waals surface area contributed by atoms with Crippen molar-refractivity contribution in [2.24, 2.45) is 0 Å². The largest absolute Gasteiger partial charge is 0.447 e. The molecule has 0 spiro atoms. The number of para-hydroxylation sites is 1. The fourth-order valence-electron chi connectivity index (χ4n) is 3.30. The second kappa shape index (κ2) is 9.02. The minimum atomic E-state index is -0.728. The summed E-state index contributed by atoms with van der Waals surface area (Å²) in [4.78, 5) is 19.0. The number of thioether (sulfide) groups is 1. The van der Waals surface area contributed by atoms with Crippen molar-refractivity contribution in [3.63, 3.8) is 0 Å². The van der Waals surface area contributed by atoms with Crippen LogP contribution >= 0.6 is 23.4 Å². The lowest BCUT2D eigenvalue weighted by Gasteiger charge is -2.29. The highest BCUT2D eigenvalue weighted by molar-refractivity contribution is 7.99. The molecular formula is C22H21ClN4O2S. The van der Waals surface area contributed by atoms with Crippen molar-refractivity contribution in [1.29, 1.82) is 0 Å². The number of carbonyl (C=O) groups excluding carboxylic acids is 1. The summed E-state index contributed by atoms with van der Waals surface area (Å²) in [5, 5.41) is 9.82. The van der Waals surface area contributed by atoms with Gasteiger partial charge in [-0.2, -0.15) is 4.98 Å². The maximum Gasteiger partial charge on any atom is 0.247 e. The molecule has 0 fully saturated rings. The molecule has 30 heavy (non-hydrogen) atoms. The number of unbranched alkanes of at least 4 members (excludes halogenated alkanes) is 1. The van der Waals surface area contributed by atoms with Crippen LogP contribution < -0.4 is 9.64 Å². The summed E-state index contributed by atoms with van der Waals surface area (Å²) in [7, 11) is 0. The number of rotatable bonds is 5. The average Bonchev–Trinajstić information content (AvgIpc) is 2.88. The van der Waals surface area contributed by atoms with Crippen LogP contribution in [-0.2, 0) is 4.79 Å². The molecule has 0 radical (unpaired) electrons. The summed E-state index contributed by atoms with van der Waals surface area (Å²) in [6.07, 6.45) is 1.44. The predicted molar refractivity (Wildman–Crippen MR) is 119 cm³/mol. The minimum absolute atomic E-state index is 0.161. The van der Waals surface area contributed by atoms with E-state index in [1.807, 2.05) is 36.4 Å². The molecule has 6 nitrogen and oxygen atoms in total. The van der Waals surface area contributed by atoms with E-state index in [4.69, 9.17) is 16.3 Å². The normalized spacial score (nSPS) is 15.0. The van der Waals surface area contributed by atoms with Gasteiger partial charge in [0.25, 0.3) is 0 Å². The highest BCUT2D eigenvalue weighted by Gasteiger charge is 2.34. The third kappa shape index (κ3) is 4.13. The Balaban J connectivity index is 1.86. The minimum Gasteiger partial charge on any atom is -0.447 e. The van der Waals surface area contributed by atoms with Gasteiger partial charge in [-0.3, -0.25) is 9.69 Å². The number of carbonyl (C=O) groups is 1. The van der Waals surface area contributed by atoms with Crippen LogP contribution in [0.25, 0.3) is 11.3 Å². The molecule has 1 aromatic heterocycles. The molecule has 8 heteroatoms. The van der Waals surface area contributed by atoms with Crippen molar-refractivity contribution in [3.8, 4) is 17.1 Å². The molecule has 1 aliphatic heterocycles. The van der Waals surface area contributed by atoms with Crippen molar-refractivity contribution >= 4 is 35.0 Å². The highest BCUT2D eigenvalue weighted by Crippen LogP contribution is 2.43. The molecule has 154 valence electrons. The summed E-state index contributed by atoms with van der Waals surface area (Å²) in [5.41, 5.74) is 2.70. The van der Waals surface area contributed by atoms with E-state index in [9.17, 15) is 4.79 Å². The zero-order valence-corrected chi connectivity index (χ0v) is 18.3. The van der Waals surface area contributed by atoms with E-state index in [0.29, 0.717) is 27.4 Å². The lowest BCUT2D eigenvalue weighted by atomic mass is 10.1. The van der Waals surface area contributed by atoms with Gasteiger partial charge in [-0.25, -0.2) is 0 Å². The van der Waals surface area contributed by atoms with Crippen LogP contribution in [0.2, 0.25) is 5.02 Å². The number of fused-ring (bicyclic) bond motifs is 3. The van der Waals surface area contributed by atoms with E-state index >= 15 is 0 Å². The standard InChI is InChI=1S/C22H21ClN4O2S/c1-3-4-12-30-22-24-20-19(25-26-22)17-10-5-6-11-18(17)27(14(2)28)21(29-20)15-8-7-9-16(23)13-15/h5-11,13,21H,3-4,12H2,1-2H3. The molecule has 0 N–H and O–H groups in total. The summed E-state index contributed by atoms with van der Waals surface area (Å²) in [5.74, 6) is 1.10. The van der Waals surface area contributed by atoms with Crippen molar-refractivity contribution in [3.05, 3.63) is 59.1 Å². The van der Waals surface area contributed by atoms with E-state index in [1.165, 1.54) is 6.92 Å². The molecule has 2 heterocycles. The monoisotopic (exact) mass is 440 g/mol. The Morgan fingerprint density at radius 1 is 1.20 bits per heavy atom. The van der Waals surface area contributed by atoms with Crippen LogP contribution in [0.1, 0.15) is 38.5 Å². The van der Waals surface area contributed by atoms with Crippen molar-refractivity contribution in [2.75, 3.05) is 10.7 Å². The first-order valence-corrected chi connectivity index (χ1v) is 11.1. The number of nitrogens with zero attached hydrogens (tertiary/aromatic N) is 4. The fourth-order valence-corrected chi connectivity index (χ4v) is 4.36. The number of anilines is 1. The number of ether oxygens (including phenoxy) is 1. The summed E-state index contributed by atoms with van der Waals surface area (Å²) >= 11 is 7.77. The Morgan fingerprint density at radius 3 is 2.80 bits per heavy atom. The fraction of sp³-hybridized carbons (Fsp3) is 0.273. The molecule has 1 aliphatic rings. The molecule has 0 saturated heterocycles. The van der Waals surface area contributed by atoms with Gasteiger partial charge in [-0.15, -0.1) is 10.2 Å². The van der Waals surface area contributed by atoms with Gasteiger partial charge in [0.2, 0.25) is 23.2 Å². The highest BCUT2D eigenvalue weighted by atomic mass is 35.5. The van der Waals surface area contributed by atoms with E-state index in [-0.39, 0.29) is 5.91 Å². The topological polar surface area (TPSA) is 68.2 Å². The third-order valence-corrected chi connectivity index (χ3v) is 5.87. The maximum atomic E-state index is 12.7. The number of halogens is 1. The van der Waals surface area contributed by atoms with Crippen molar-refractivity contribution in [1.82, 2.24) is 15.2 Å². The first-order valence-electron chi connectivity index (χ1n) is 9.77. The molecular weight excluding hydrogens is 420 g/mol. The summed E-state index contributed by atoms with van der Waals surface area (Å²) in [6.45, 7) is 3.65. The molecule has 0 aliphatic carbocycles. The Labute approximate surface area is 184 Å². The lowest BCUT2D eigenvalue weighted by molar-refractivity contribution is -0.118. The quantitative estimate of drug-likeness (QED) is 0.384. The Bertz CT molecular complexity index is 1080. The average molecular weight is 441 g/mol. The summed E-state index contributed by atoms with van der Waals surface area (Å²) in [6, 6.07) is 14.8. The second-order valence-electron chi connectivity index (χ2n) is 6.88. The molecule has 0 bridgehead atoms. The zero-order chi connectivity index (χ0) is 21.1. The van der Waals surface area contributed by atoms with Crippen molar-refractivity contribution in [2.45, 2.75) is 38.1 Å². The van der Waals surface area contributed by atoms with Gasteiger partial charge in [0, 0.05) is 28.8 Å². The molecule has 2 aromatic carbocycles. The molecule has 1 unspecified atom stereocenters. The van der Waals surface area contributed by atoms with Gasteiger partial charge >= 0.3 is 0 Å². The van der Waals surface area contributed by atoms with Crippen LogP contribution in [0, 0.1) is 0 Å². The number of hydrogen-bond donors (Lipinski definition) is 0. The van der Waals surface area contributed by atoms with Crippen LogP contribution in [-0.4, -0.2) is 26.8 Å². The van der Waals surface area contributed by atoms with E-state index in [1.54, 1.807) is 28.8 Å². The van der Waals surface area contributed by atoms with Gasteiger partial charge in [-0.1, -0.05) is 67.0 Å². The predicted octanol–water partition coefficient (Wildman–Crippen LogP) is 5.53. The van der Waals surface area contributed by atoms with E-state index in [0.717, 1.165) is 29.7 Å². The number of aromatic nitrogens is 3. The molecule has 3 aromatic rings. The van der Waals surface area contributed by atoms with Crippen LogP contribution in [0.3, 0.4) is 0 Å².